The smallest absolute Gasteiger partial charge is 0.338 e. The Morgan fingerprint density at radius 3 is 1.33 bits per heavy atom. The SMILES string of the molecule is CO[C@H]1O[C@@H](C)[C@@H](OC(=O)c2ccccc2)[C@H](OC(=O)c2ccccc2)[C@@H]1OC(=O)c1ccccc1. The largest absolute Gasteiger partial charge is 0.452 e. The van der Waals surface area contributed by atoms with Gasteiger partial charge in [-0.05, 0) is 43.3 Å². The van der Waals surface area contributed by atoms with Gasteiger partial charge in [0.15, 0.2) is 24.6 Å². The molecular formula is C28H26O8. The lowest BCUT2D eigenvalue weighted by atomic mass is 9.98. The summed E-state index contributed by atoms with van der Waals surface area (Å²) < 4.78 is 28.6. The van der Waals surface area contributed by atoms with Crippen LogP contribution < -0.4 is 0 Å². The Labute approximate surface area is 208 Å². The number of rotatable bonds is 7. The van der Waals surface area contributed by atoms with Gasteiger partial charge in [-0.25, -0.2) is 14.4 Å². The summed E-state index contributed by atoms with van der Waals surface area (Å²) in [5, 5.41) is 0. The van der Waals surface area contributed by atoms with E-state index in [1.807, 2.05) is 0 Å². The van der Waals surface area contributed by atoms with Gasteiger partial charge in [-0.3, -0.25) is 0 Å². The standard InChI is InChI=1S/C28H26O8/c1-18-22(34-25(29)19-12-6-3-7-13-19)23(35-26(30)20-14-8-4-9-15-20)24(28(32-2)33-18)36-27(31)21-16-10-5-11-17-21/h3-18,22-24,28H,1-2H3/t18-,22+,23-,24-,28-/m0/s1. The number of hydrogen-bond donors (Lipinski definition) is 0. The molecule has 0 radical (unpaired) electrons. The molecule has 3 aromatic carbocycles. The van der Waals surface area contributed by atoms with Crippen LogP contribution in [0.5, 0.6) is 0 Å². The molecule has 36 heavy (non-hydrogen) atoms. The van der Waals surface area contributed by atoms with Crippen molar-refractivity contribution in [2.45, 2.75) is 37.6 Å². The van der Waals surface area contributed by atoms with Crippen molar-refractivity contribution >= 4 is 17.9 Å². The zero-order valence-corrected chi connectivity index (χ0v) is 19.8. The molecule has 0 unspecified atom stereocenters. The fraction of sp³-hybridized carbons (Fsp3) is 0.250. The van der Waals surface area contributed by atoms with Crippen molar-refractivity contribution in [3.8, 4) is 0 Å². The van der Waals surface area contributed by atoms with Gasteiger partial charge >= 0.3 is 17.9 Å². The first-order chi connectivity index (χ1) is 17.5. The molecule has 0 aromatic heterocycles. The van der Waals surface area contributed by atoms with Gasteiger partial charge in [0.25, 0.3) is 0 Å². The molecule has 4 rings (SSSR count). The Bertz CT molecular complexity index is 1170. The van der Waals surface area contributed by atoms with Crippen molar-refractivity contribution in [3.63, 3.8) is 0 Å². The van der Waals surface area contributed by atoms with Gasteiger partial charge in [0.05, 0.1) is 22.8 Å². The van der Waals surface area contributed by atoms with E-state index < -0.39 is 48.6 Å². The van der Waals surface area contributed by atoms with E-state index >= 15 is 0 Å². The van der Waals surface area contributed by atoms with Gasteiger partial charge in [0.2, 0.25) is 0 Å². The van der Waals surface area contributed by atoms with Crippen LogP contribution in [0.4, 0.5) is 0 Å². The third-order valence-corrected chi connectivity index (χ3v) is 5.72. The van der Waals surface area contributed by atoms with Gasteiger partial charge in [0, 0.05) is 7.11 Å². The van der Waals surface area contributed by atoms with Crippen LogP contribution in [0, 0.1) is 0 Å². The Balaban J connectivity index is 1.66. The molecule has 0 N–H and O–H groups in total. The Kier molecular flexibility index (Phi) is 8.10. The zero-order chi connectivity index (χ0) is 25.5. The first-order valence-electron chi connectivity index (χ1n) is 11.4. The van der Waals surface area contributed by atoms with E-state index in [1.54, 1.807) is 97.9 Å². The van der Waals surface area contributed by atoms with Gasteiger partial charge < -0.3 is 23.7 Å². The summed E-state index contributed by atoms with van der Waals surface area (Å²) in [6, 6.07) is 25.1. The number of methoxy groups -OCH3 is 1. The lowest BCUT2D eigenvalue weighted by molar-refractivity contribution is -0.283. The molecule has 5 atom stereocenters. The summed E-state index contributed by atoms with van der Waals surface area (Å²) in [5.41, 5.74) is 0.883. The highest BCUT2D eigenvalue weighted by Crippen LogP contribution is 2.30. The van der Waals surface area contributed by atoms with Gasteiger partial charge in [0.1, 0.15) is 0 Å². The second-order valence-electron chi connectivity index (χ2n) is 8.15. The van der Waals surface area contributed by atoms with Crippen molar-refractivity contribution in [1.29, 1.82) is 0 Å². The van der Waals surface area contributed by atoms with Gasteiger partial charge in [-0.1, -0.05) is 54.6 Å². The molecule has 0 amide bonds. The maximum atomic E-state index is 13.0. The maximum absolute atomic E-state index is 13.0. The topological polar surface area (TPSA) is 97.4 Å². The molecule has 8 nitrogen and oxygen atoms in total. The molecule has 1 saturated heterocycles. The van der Waals surface area contributed by atoms with Crippen LogP contribution >= 0.6 is 0 Å². The molecule has 1 fully saturated rings. The first-order valence-corrected chi connectivity index (χ1v) is 11.4. The molecule has 0 saturated carbocycles. The summed E-state index contributed by atoms with van der Waals surface area (Å²) in [7, 11) is 1.38. The molecule has 0 aliphatic carbocycles. The summed E-state index contributed by atoms with van der Waals surface area (Å²) in [5.74, 6) is -1.98. The average molecular weight is 491 g/mol. The highest BCUT2D eigenvalue weighted by molar-refractivity contribution is 5.91. The predicted octanol–water partition coefficient (Wildman–Crippen LogP) is 4.05. The molecule has 1 aliphatic rings. The highest BCUT2D eigenvalue weighted by atomic mass is 16.7. The third-order valence-electron chi connectivity index (χ3n) is 5.72. The van der Waals surface area contributed by atoms with Crippen LogP contribution in [0.15, 0.2) is 91.0 Å². The van der Waals surface area contributed by atoms with Crippen molar-refractivity contribution in [1.82, 2.24) is 0 Å². The van der Waals surface area contributed by atoms with Crippen molar-refractivity contribution in [3.05, 3.63) is 108 Å². The second-order valence-corrected chi connectivity index (χ2v) is 8.15. The number of esters is 3. The molecule has 8 heteroatoms. The number of carbonyl (C=O) groups is 3. The monoisotopic (exact) mass is 490 g/mol. The molecule has 0 bridgehead atoms. The number of carbonyl (C=O) groups excluding carboxylic acids is 3. The summed E-state index contributed by atoms with van der Waals surface area (Å²) in [6.07, 6.45) is -5.35. The normalized spacial score (nSPS) is 23.3. The molecule has 0 spiro atoms. The van der Waals surface area contributed by atoms with Gasteiger partial charge in [-0.2, -0.15) is 0 Å². The summed E-state index contributed by atoms with van der Waals surface area (Å²) in [6.45, 7) is 1.66. The van der Waals surface area contributed by atoms with E-state index in [2.05, 4.69) is 0 Å². The Morgan fingerprint density at radius 1 is 0.583 bits per heavy atom. The van der Waals surface area contributed by atoms with Crippen molar-refractivity contribution in [2.24, 2.45) is 0 Å². The average Bonchev–Trinajstić information content (AvgIpc) is 2.93. The fourth-order valence-corrected chi connectivity index (χ4v) is 3.88. The first kappa shape index (κ1) is 25.1. The quantitative estimate of drug-likeness (QED) is 0.361. The van der Waals surface area contributed by atoms with Crippen LogP contribution in [0.3, 0.4) is 0 Å². The Hall–Kier alpha value is -4.01. The van der Waals surface area contributed by atoms with Crippen molar-refractivity contribution < 1.29 is 38.1 Å². The van der Waals surface area contributed by atoms with Crippen LogP contribution in [0.1, 0.15) is 38.0 Å². The molecule has 1 heterocycles. The zero-order valence-electron chi connectivity index (χ0n) is 19.8. The summed E-state index contributed by atoms with van der Waals surface area (Å²) >= 11 is 0. The molecule has 1 aliphatic heterocycles. The number of ether oxygens (including phenoxy) is 5. The van der Waals surface area contributed by atoms with E-state index in [4.69, 9.17) is 23.7 Å². The fourth-order valence-electron chi connectivity index (χ4n) is 3.88. The van der Waals surface area contributed by atoms with E-state index in [1.165, 1.54) is 7.11 Å². The minimum atomic E-state index is -1.22. The third kappa shape index (κ3) is 5.79. The second kappa shape index (κ2) is 11.6. The van der Waals surface area contributed by atoms with Crippen LogP contribution in [-0.2, 0) is 23.7 Å². The van der Waals surface area contributed by atoms with Crippen LogP contribution in [0.2, 0.25) is 0 Å². The lowest BCUT2D eigenvalue weighted by Crippen LogP contribution is -2.61. The maximum Gasteiger partial charge on any atom is 0.338 e. The van der Waals surface area contributed by atoms with Gasteiger partial charge in [-0.15, -0.1) is 0 Å². The van der Waals surface area contributed by atoms with Crippen LogP contribution in [0.25, 0.3) is 0 Å². The van der Waals surface area contributed by atoms with E-state index in [9.17, 15) is 14.4 Å². The van der Waals surface area contributed by atoms with Crippen LogP contribution in [-0.4, -0.2) is 55.7 Å². The predicted molar refractivity (Wildman–Crippen MR) is 128 cm³/mol. The molecule has 3 aromatic rings. The lowest BCUT2D eigenvalue weighted by Gasteiger charge is -2.43. The number of hydrogen-bond acceptors (Lipinski definition) is 8. The minimum absolute atomic E-state index is 0.284. The van der Waals surface area contributed by atoms with Crippen molar-refractivity contribution in [2.75, 3.05) is 7.11 Å². The van der Waals surface area contributed by atoms with E-state index in [0.717, 1.165) is 0 Å². The molecular weight excluding hydrogens is 464 g/mol. The molecule has 186 valence electrons. The minimum Gasteiger partial charge on any atom is -0.452 e. The van der Waals surface area contributed by atoms with E-state index in [-0.39, 0.29) is 11.1 Å². The number of benzene rings is 3. The van der Waals surface area contributed by atoms with E-state index in [0.29, 0.717) is 5.56 Å². The Morgan fingerprint density at radius 2 is 0.944 bits per heavy atom. The summed E-state index contributed by atoms with van der Waals surface area (Å²) in [4.78, 5) is 38.9. The highest BCUT2D eigenvalue weighted by Gasteiger charge is 2.51.